The zero-order valence-electron chi connectivity index (χ0n) is 13.1. The molecule has 2 fully saturated rings. The molecule has 6 heteroatoms. The van der Waals surface area contributed by atoms with E-state index in [0.717, 1.165) is 31.6 Å². The number of nitrogens with one attached hydrogen (secondary N) is 1. The average molecular weight is 305 g/mol. The fourth-order valence-corrected chi connectivity index (χ4v) is 3.38. The molecule has 3 heterocycles. The maximum Gasteiger partial charge on any atom is 0.318 e. The fourth-order valence-electron chi connectivity index (χ4n) is 3.38. The Morgan fingerprint density at radius 1 is 1.50 bits per heavy atom. The number of fused-ring (bicyclic) bond motifs is 1. The Balaban J connectivity index is 1.60. The first-order valence-corrected chi connectivity index (χ1v) is 7.95. The van der Waals surface area contributed by atoms with Crippen LogP contribution in [0.25, 0.3) is 0 Å². The van der Waals surface area contributed by atoms with Crippen molar-refractivity contribution >= 4 is 11.9 Å². The Morgan fingerprint density at radius 3 is 3.00 bits per heavy atom. The van der Waals surface area contributed by atoms with Crippen molar-refractivity contribution in [3.63, 3.8) is 0 Å². The van der Waals surface area contributed by atoms with Gasteiger partial charge in [0.1, 0.15) is 11.8 Å². The molecule has 0 spiro atoms. The lowest BCUT2D eigenvalue weighted by molar-refractivity contribution is -0.131. The summed E-state index contributed by atoms with van der Waals surface area (Å²) in [5.41, 5.74) is 0. The van der Waals surface area contributed by atoms with Crippen LogP contribution >= 0.6 is 0 Å². The van der Waals surface area contributed by atoms with Crippen LogP contribution in [-0.4, -0.2) is 47.4 Å². The number of carbonyl (C=O) groups excluding carboxylic acids is 2. The van der Waals surface area contributed by atoms with Crippen LogP contribution in [0.1, 0.15) is 44.4 Å². The molecule has 2 aliphatic heterocycles. The van der Waals surface area contributed by atoms with Crippen LogP contribution in [0, 0.1) is 0 Å². The van der Waals surface area contributed by atoms with Crippen molar-refractivity contribution in [2.45, 2.75) is 50.7 Å². The molecule has 1 aromatic rings. The standard InChI is InChI=1S/C16H23N3O3/c1-11(14-7-5-9-22-14)18(2)16(21)17-13-10-12-6-3-4-8-19(12)15(13)20/h5,7,9,11-13H,3-4,6,8,10H2,1-2H3,(H,17,21). The van der Waals surface area contributed by atoms with Gasteiger partial charge >= 0.3 is 6.03 Å². The van der Waals surface area contributed by atoms with Crippen LogP contribution in [0.2, 0.25) is 0 Å². The van der Waals surface area contributed by atoms with Gasteiger partial charge in [0.05, 0.1) is 12.3 Å². The van der Waals surface area contributed by atoms with E-state index in [1.165, 1.54) is 6.42 Å². The van der Waals surface area contributed by atoms with E-state index in [1.54, 1.807) is 24.3 Å². The Hall–Kier alpha value is -1.98. The Kier molecular flexibility index (Phi) is 4.09. The van der Waals surface area contributed by atoms with Crippen molar-refractivity contribution in [1.82, 2.24) is 15.1 Å². The van der Waals surface area contributed by atoms with Crippen molar-refractivity contribution in [3.05, 3.63) is 24.2 Å². The Bertz CT molecular complexity index is 543. The van der Waals surface area contributed by atoms with E-state index in [-0.39, 0.29) is 24.0 Å². The Morgan fingerprint density at radius 2 is 2.32 bits per heavy atom. The summed E-state index contributed by atoms with van der Waals surface area (Å²) in [6, 6.07) is 3.16. The molecule has 6 nitrogen and oxygen atoms in total. The zero-order valence-corrected chi connectivity index (χ0v) is 13.1. The lowest BCUT2D eigenvalue weighted by Crippen LogP contribution is -2.47. The molecular weight excluding hydrogens is 282 g/mol. The summed E-state index contributed by atoms with van der Waals surface area (Å²) in [6.07, 6.45) is 5.61. The predicted octanol–water partition coefficient (Wildman–Crippen LogP) is 2.14. The molecule has 1 N–H and O–H groups in total. The van der Waals surface area contributed by atoms with Crippen molar-refractivity contribution < 1.29 is 14.0 Å². The predicted molar refractivity (Wildman–Crippen MR) is 81.2 cm³/mol. The number of hydrogen-bond acceptors (Lipinski definition) is 3. The SMILES string of the molecule is CC(c1ccco1)N(C)C(=O)NC1CC2CCCCN2C1=O. The largest absolute Gasteiger partial charge is 0.467 e. The number of rotatable bonds is 3. The van der Waals surface area contributed by atoms with E-state index in [9.17, 15) is 9.59 Å². The molecule has 22 heavy (non-hydrogen) atoms. The quantitative estimate of drug-likeness (QED) is 0.930. The van der Waals surface area contributed by atoms with Crippen molar-refractivity contribution in [1.29, 1.82) is 0 Å². The van der Waals surface area contributed by atoms with Crippen molar-refractivity contribution in [2.75, 3.05) is 13.6 Å². The second kappa shape index (κ2) is 6.02. The fraction of sp³-hybridized carbons (Fsp3) is 0.625. The molecule has 3 rings (SSSR count). The summed E-state index contributed by atoms with van der Waals surface area (Å²) in [7, 11) is 1.72. The van der Waals surface area contributed by atoms with E-state index >= 15 is 0 Å². The molecule has 1 aromatic heterocycles. The molecule has 0 radical (unpaired) electrons. The van der Waals surface area contributed by atoms with E-state index in [1.807, 2.05) is 17.9 Å². The van der Waals surface area contributed by atoms with Crippen LogP contribution < -0.4 is 5.32 Å². The molecule has 0 saturated carbocycles. The van der Waals surface area contributed by atoms with Gasteiger partial charge in [0.2, 0.25) is 5.91 Å². The van der Waals surface area contributed by atoms with Crippen LogP contribution in [0.5, 0.6) is 0 Å². The van der Waals surface area contributed by atoms with E-state index < -0.39 is 0 Å². The maximum atomic E-state index is 12.4. The summed E-state index contributed by atoms with van der Waals surface area (Å²) in [6.45, 7) is 2.73. The molecular formula is C16H23N3O3. The minimum absolute atomic E-state index is 0.0668. The van der Waals surface area contributed by atoms with Gasteiger partial charge in [0.25, 0.3) is 0 Å². The average Bonchev–Trinajstić information content (AvgIpc) is 3.15. The number of amides is 3. The summed E-state index contributed by atoms with van der Waals surface area (Å²) in [5, 5.41) is 2.88. The molecule has 0 bridgehead atoms. The molecule has 2 saturated heterocycles. The van der Waals surface area contributed by atoms with Crippen LogP contribution in [-0.2, 0) is 4.79 Å². The lowest BCUT2D eigenvalue weighted by atomic mass is 10.0. The second-order valence-corrected chi connectivity index (χ2v) is 6.22. The van der Waals surface area contributed by atoms with Crippen LogP contribution in [0.15, 0.2) is 22.8 Å². The van der Waals surface area contributed by atoms with Gasteiger partial charge in [-0.15, -0.1) is 0 Å². The summed E-state index contributed by atoms with van der Waals surface area (Å²) < 4.78 is 5.34. The first-order chi connectivity index (χ1) is 10.6. The third-order valence-corrected chi connectivity index (χ3v) is 4.87. The van der Waals surface area contributed by atoms with E-state index in [2.05, 4.69) is 5.32 Å². The van der Waals surface area contributed by atoms with Crippen molar-refractivity contribution in [2.24, 2.45) is 0 Å². The van der Waals surface area contributed by atoms with Crippen LogP contribution in [0.4, 0.5) is 4.79 Å². The molecule has 120 valence electrons. The molecule has 3 atom stereocenters. The summed E-state index contributed by atoms with van der Waals surface area (Å²) >= 11 is 0. The number of nitrogens with zero attached hydrogens (tertiary/aromatic N) is 2. The number of hydrogen-bond donors (Lipinski definition) is 1. The number of furan rings is 1. The van der Waals surface area contributed by atoms with Gasteiger partial charge < -0.3 is 19.5 Å². The summed E-state index contributed by atoms with van der Waals surface area (Å²) in [5.74, 6) is 0.796. The van der Waals surface area contributed by atoms with Crippen LogP contribution in [0.3, 0.4) is 0 Å². The first kappa shape index (κ1) is 14.9. The molecule has 2 aliphatic rings. The van der Waals surface area contributed by atoms with E-state index in [4.69, 9.17) is 4.42 Å². The lowest BCUT2D eigenvalue weighted by Gasteiger charge is -2.29. The van der Waals surface area contributed by atoms with Gasteiger partial charge in [0.15, 0.2) is 0 Å². The van der Waals surface area contributed by atoms with Gasteiger partial charge in [0, 0.05) is 19.6 Å². The highest BCUT2D eigenvalue weighted by Gasteiger charge is 2.41. The monoisotopic (exact) mass is 305 g/mol. The van der Waals surface area contributed by atoms with Gasteiger partial charge in [-0.1, -0.05) is 0 Å². The molecule has 0 aromatic carbocycles. The van der Waals surface area contributed by atoms with Gasteiger partial charge in [-0.2, -0.15) is 0 Å². The number of urea groups is 1. The minimum Gasteiger partial charge on any atom is -0.467 e. The zero-order chi connectivity index (χ0) is 15.7. The second-order valence-electron chi connectivity index (χ2n) is 6.22. The van der Waals surface area contributed by atoms with Crippen molar-refractivity contribution in [3.8, 4) is 0 Å². The number of carbonyl (C=O) groups is 2. The highest BCUT2D eigenvalue weighted by Crippen LogP contribution is 2.28. The number of piperidine rings is 1. The summed E-state index contributed by atoms with van der Waals surface area (Å²) in [4.78, 5) is 28.3. The highest BCUT2D eigenvalue weighted by molar-refractivity contribution is 5.89. The third-order valence-electron chi connectivity index (χ3n) is 4.87. The van der Waals surface area contributed by atoms with Gasteiger partial charge in [-0.05, 0) is 44.7 Å². The van der Waals surface area contributed by atoms with E-state index in [0.29, 0.717) is 6.04 Å². The van der Waals surface area contributed by atoms with Gasteiger partial charge in [-0.25, -0.2) is 4.79 Å². The molecule has 0 aliphatic carbocycles. The highest BCUT2D eigenvalue weighted by atomic mass is 16.3. The minimum atomic E-state index is -0.387. The molecule has 3 amide bonds. The smallest absolute Gasteiger partial charge is 0.318 e. The molecule has 3 unspecified atom stereocenters. The Labute approximate surface area is 130 Å². The first-order valence-electron chi connectivity index (χ1n) is 7.95. The third kappa shape index (κ3) is 2.69. The topological polar surface area (TPSA) is 65.8 Å². The normalized spacial score (nSPS) is 25.7. The maximum absolute atomic E-state index is 12.4. The van der Waals surface area contributed by atoms with Gasteiger partial charge in [-0.3, -0.25) is 4.79 Å².